The van der Waals surface area contributed by atoms with Gasteiger partial charge in [0.1, 0.15) is 6.10 Å². The number of tetrazole rings is 1. The molecule has 1 aromatic heterocycles. The van der Waals surface area contributed by atoms with Crippen molar-refractivity contribution in [3.8, 4) is 0 Å². The summed E-state index contributed by atoms with van der Waals surface area (Å²) in [4.78, 5) is 11.9. The molecule has 0 aliphatic carbocycles. The summed E-state index contributed by atoms with van der Waals surface area (Å²) in [6.07, 6.45) is 2.87. The molecule has 4 rings (SSSR count). The number of ether oxygens (including phenoxy) is 1. The van der Waals surface area contributed by atoms with Crippen LogP contribution in [0.4, 0.5) is 0 Å². The molecule has 2 heterocycles. The lowest BCUT2D eigenvalue weighted by Gasteiger charge is -2.23. The first-order chi connectivity index (χ1) is 16.2. The number of aromatic nitrogens is 4. The highest BCUT2D eigenvalue weighted by atomic mass is 16.5. The van der Waals surface area contributed by atoms with Crippen molar-refractivity contribution in [2.24, 2.45) is 7.05 Å². The predicted octanol–water partition coefficient (Wildman–Crippen LogP) is 4.03. The number of aryl methyl sites for hydroxylation is 5. The van der Waals surface area contributed by atoms with Crippen LogP contribution in [0.1, 0.15) is 52.0 Å². The Morgan fingerprint density at radius 2 is 1.56 bits per heavy atom. The molecule has 1 saturated heterocycles. The molecule has 3 aromatic rings. The average Bonchev–Trinajstić information content (AvgIpc) is 3.14. The van der Waals surface area contributed by atoms with Crippen LogP contribution in [0.15, 0.2) is 48.6 Å². The quantitative estimate of drug-likeness (QED) is 0.459. The number of carbonyl (C=O) groups is 1. The molecule has 2 atom stereocenters. The van der Waals surface area contributed by atoms with Gasteiger partial charge in [0.25, 0.3) is 0 Å². The summed E-state index contributed by atoms with van der Waals surface area (Å²) in [6.45, 7) is 8.32. The van der Waals surface area contributed by atoms with Crippen molar-refractivity contribution in [1.29, 1.82) is 0 Å². The molecule has 1 aliphatic heterocycles. The molecular weight excluding hydrogens is 428 g/mol. The van der Waals surface area contributed by atoms with E-state index in [1.54, 1.807) is 11.7 Å². The van der Waals surface area contributed by atoms with Crippen LogP contribution in [0.5, 0.6) is 0 Å². The number of aliphatic hydroxyl groups is 1. The summed E-state index contributed by atoms with van der Waals surface area (Å²) >= 11 is 0. The fraction of sp³-hybridized carbons (Fsp3) is 0.333. The zero-order chi connectivity index (χ0) is 24.4. The summed E-state index contributed by atoms with van der Waals surface area (Å²) in [5, 5.41) is 22.3. The summed E-state index contributed by atoms with van der Waals surface area (Å²) in [7, 11) is 1.80. The lowest BCUT2D eigenvalue weighted by atomic mass is 9.88. The van der Waals surface area contributed by atoms with Crippen molar-refractivity contribution in [3.05, 3.63) is 87.8 Å². The van der Waals surface area contributed by atoms with E-state index in [1.807, 2.05) is 12.2 Å². The number of aliphatic hydroxyl groups excluding tert-OH is 1. The molecule has 2 aromatic carbocycles. The molecule has 1 fully saturated rings. The number of nitrogens with zero attached hydrogens (tertiary/aromatic N) is 4. The maximum absolute atomic E-state index is 11.9. The Labute approximate surface area is 199 Å². The van der Waals surface area contributed by atoms with E-state index in [9.17, 15) is 9.90 Å². The van der Waals surface area contributed by atoms with Crippen LogP contribution in [0, 0.1) is 27.7 Å². The van der Waals surface area contributed by atoms with Crippen LogP contribution in [-0.4, -0.2) is 43.5 Å². The molecule has 7 nitrogen and oxygen atoms in total. The molecule has 1 N–H and O–H groups in total. The number of rotatable bonds is 5. The zero-order valence-corrected chi connectivity index (χ0v) is 20.2. The number of cyclic esters (lactones) is 1. The number of esters is 1. The fourth-order valence-corrected chi connectivity index (χ4v) is 4.57. The van der Waals surface area contributed by atoms with Crippen molar-refractivity contribution in [2.45, 2.75) is 52.7 Å². The summed E-state index contributed by atoms with van der Waals surface area (Å²) in [5.41, 5.74) is 8.49. The van der Waals surface area contributed by atoms with E-state index in [0.29, 0.717) is 12.2 Å². The first kappa shape index (κ1) is 23.6. The summed E-state index contributed by atoms with van der Waals surface area (Å²) < 4.78 is 7.09. The van der Waals surface area contributed by atoms with Gasteiger partial charge in [-0.3, -0.25) is 4.79 Å². The third kappa shape index (κ3) is 5.31. The van der Waals surface area contributed by atoms with Crippen LogP contribution >= 0.6 is 0 Å². The number of benzene rings is 2. The largest absolute Gasteiger partial charge is 0.458 e. The standard InChI is InChI=1S/C27H30N4O3/c1-16-8-17(2)11-20(10-16)26(21-12-18(3)9-19(4)13-21)24(27-28-29-30-31(27)5)7-6-23-14-22(32)15-25(33)34-23/h6-13,22-23,32H,14-15H2,1-5H3/b7-6+/t22-,23-/m1/s1. The van der Waals surface area contributed by atoms with Gasteiger partial charge in [-0.1, -0.05) is 64.7 Å². The second-order valence-corrected chi connectivity index (χ2v) is 9.15. The molecule has 0 saturated carbocycles. The van der Waals surface area contributed by atoms with Gasteiger partial charge in [0.15, 0.2) is 5.82 Å². The van der Waals surface area contributed by atoms with Crippen molar-refractivity contribution >= 4 is 17.1 Å². The molecule has 0 unspecified atom stereocenters. The highest BCUT2D eigenvalue weighted by Gasteiger charge is 2.26. The minimum Gasteiger partial charge on any atom is -0.458 e. The predicted molar refractivity (Wildman–Crippen MR) is 131 cm³/mol. The number of hydrogen-bond donors (Lipinski definition) is 1. The van der Waals surface area contributed by atoms with Gasteiger partial charge in [-0.15, -0.1) is 5.10 Å². The maximum Gasteiger partial charge on any atom is 0.309 e. The van der Waals surface area contributed by atoms with Crippen LogP contribution in [0.3, 0.4) is 0 Å². The number of carbonyl (C=O) groups excluding carboxylic acids is 1. The second kappa shape index (κ2) is 9.73. The van der Waals surface area contributed by atoms with Gasteiger partial charge in [0, 0.05) is 19.0 Å². The number of hydrogen-bond acceptors (Lipinski definition) is 6. The summed E-state index contributed by atoms with van der Waals surface area (Å²) in [6, 6.07) is 12.9. The SMILES string of the molecule is Cc1cc(C)cc(C(=C(/C=C/[C@@H]2C[C@@H](O)CC(=O)O2)c2nnnn2C)c2cc(C)cc(C)c2)c1. The lowest BCUT2D eigenvalue weighted by molar-refractivity contribution is -0.156. The number of allylic oxidation sites excluding steroid dienone is 2. The normalized spacial score (nSPS) is 18.2. The van der Waals surface area contributed by atoms with Gasteiger partial charge >= 0.3 is 5.97 Å². The van der Waals surface area contributed by atoms with Crippen LogP contribution in [-0.2, 0) is 16.6 Å². The van der Waals surface area contributed by atoms with Gasteiger partial charge in [-0.25, -0.2) is 4.68 Å². The minimum atomic E-state index is -0.710. The minimum absolute atomic E-state index is 0.0244. The topological polar surface area (TPSA) is 90.1 Å². The summed E-state index contributed by atoms with van der Waals surface area (Å²) in [5.74, 6) is 0.190. The molecule has 0 radical (unpaired) electrons. The van der Waals surface area contributed by atoms with E-state index in [0.717, 1.165) is 44.5 Å². The van der Waals surface area contributed by atoms with Crippen molar-refractivity contribution < 1.29 is 14.6 Å². The van der Waals surface area contributed by atoms with E-state index < -0.39 is 18.2 Å². The smallest absolute Gasteiger partial charge is 0.309 e. The molecule has 176 valence electrons. The highest BCUT2D eigenvalue weighted by Crippen LogP contribution is 2.34. The monoisotopic (exact) mass is 458 g/mol. The second-order valence-electron chi connectivity index (χ2n) is 9.15. The third-order valence-corrected chi connectivity index (χ3v) is 5.82. The Balaban J connectivity index is 1.98. The Kier molecular flexibility index (Phi) is 6.75. The first-order valence-electron chi connectivity index (χ1n) is 11.4. The Bertz CT molecular complexity index is 1190. The van der Waals surface area contributed by atoms with Crippen LogP contribution in [0.2, 0.25) is 0 Å². The highest BCUT2D eigenvalue weighted by molar-refractivity contribution is 6.01. The molecule has 0 amide bonds. The van der Waals surface area contributed by atoms with Crippen molar-refractivity contribution in [3.63, 3.8) is 0 Å². The molecule has 0 spiro atoms. The van der Waals surface area contributed by atoms with E-state index in [4.69, 9.17) is 4.74 Å². The van der Waals surface area contributed by atoms with Crippen molar-refractivity contribution in [2.75, 3.05) is 0 Å². The third-order valence-electron chi connectivity index (χ3n) is 5.82. The molecular formula is C27H30N4O3. The Morgan fingerprint density at radius 1 is 1.00 bits per heavy atom. The van der Waals surface area contributed by atoms with Gasteiger partial charge in [-0.2, -0.15) is 0 Å². The molecule has 34 heavy (non-hydrogen) atoms. The molecule has 0 bridgehead atoms. The van der Waals surface area contributed by atoms with Crippen LogP contribution < -0.4 is 0 Å². The van der Waals surface area contributed by atoms with Gasteiger partial charge in [0.05, 0.1) is 12.5 Å². The van der Waals surface area contributed by atoms with Gasteiger partial charge < -0.3 is 9.84 Å². The van der Waals surface area contributed by atoms with Gasteiger partial charge in [0.2, 0.25) is 0 Å². The first-order valence-corrected chi connectivity index (χ1v) is 11.4. The zero-order valence-electron chi connectivity index (χ0n) is 20.2. The van der Waals surface area contributed by atoms with Crippen molar-refractivity contribution in [1.82, 2.24) is 20.2 Å². The van der Waals surface area contributed by atoms with E-state index >= 15 is 0 Å². The van der Waals surface area contributed by atoms with Gasteiger partial charge in [-0.05, 0) is 60.9 Å². The average molecular weight is 459 g/mol. The lowest BCUT2D eigenvalue weighted by Crippen LogP contribution is -2.31. The molecule has 1 aliphatic rings. The fourth-order valence-electron chi connectivity index (χ4n) is 4.57. The van der Waals surface area contributed by atoms with E-state index in [2.05, 4.69) is 79.6 Å². The molecule has 7 heteroatoms. The maximum atomic E-state index is 11.9. The Hall–Kier alpha value is -3.58. The van der Waals surface area contributed by atoms with Crippen LogP contribution in [0.25, 0.3) is 11.1 Å². The Morgan fingerprint density at radius 3 is 2.03 bits per heavy atom. The van der Waals surface area contributed by atoms with E-state index in [-0.39, 0.29) is 6.42 Å². The van der Waals surface area contributed by atoms with E-state index in [1.165, 1.54) is 0 Å².